The Morgan fingerprint density at radius 2 is 1.31 bits per heavy atom. The summed E-state index contributed by atoms with van der Waals surface area (Å²) in [5, 5.41) is 8.09. The molecule has 2 bridgehead atoms. The molecule has 1 spiro atoms. The van der Waals surface area contributed by atoms with Crippen molar-refractivity contribution in [1.29, 1.82) is 0 Å². The standard InChI is InChI=1S/C71H108ClF3N12O14/c1-13-33-100-42-55-65(95)80(7)37-56(88)76-51(29-25-45-24-28-49(50(72)35-45)71(73,74)75)64(94)86-32-20-23-52(86)63(93)78-70(30-18-19-31-70)69(99)85(12)61(46-21-16-15-17-22-46)68(98)84(11)54(66(96)87-47-26-27-48(87)41-101-40-47)36-57(89)82(9)53(34-43(3)4)62(92)77-60(44(5)14-2)67(97)81(8)38-58(90)79(6)39-59(91)83(55)10/h24,28,35,43-44,46-48,51-55,60-61H,13-23,25-27,29-34,36-42H2,1-12H3,(H,76,88)(H,77,92)(H,78,93)/t44-,47?,48?,51-,52-,53-,54-,55-,60-,61-/m0/s1. The highest BCUT2D eigenvalue weighted by Crippen LogP contribution is 2.39. The Morgan fingerprint density at radius 3 is 1.91 bits per heavy atom. The third kappa shape index (κ3) is 19.8. The van der Waals surface area contributed by atoms with E-state index in [0.717, 1.165) is 51.0 Å². The lowest BCUT2D eigenvalue weighted by Crippen LogP contribution is -2.65. The zero-order valence-corrected chi connectivity index (χ0v) is 61.8. The van der Waals surface area contributed by atoms with Gasteiger partial charge in [0.05, 0.1) is 68.5 Å². The zero-order chi connectivity index (χ0) is 74.5. The smallest absolute Gasteiger partial charge is 0.379 e. The third-order valence-electron chi connectivity index (χ3n) is 21.5. The van der Waals surface area contributed by atoms with E-state index < -0.39 is 173 Å². The third-order valence-corrected chi connectivity index (χ3v) is 21.8. The number of ether oxygens (including phenoxy) is 2. The van der Waals surface area contributed by atoms with E-state index in [2.05, 4.69) is 16.0 Å². The molecule has 564 valence electrons. The topological polar surface area (TPSA) is 289 Å². The molecule has 12 amide bonds. The van der Waals surface area contributed by atoms with Crippen LogP contribution >= 0.6 is 11.6 Å². The van der Waals surface area contributed by atoms with Gasteiger partial charge >= 0.3 is 6.18 Å². The maximum atomic E-state index is 15.9. The largest absolute Gasteiger partial charge is 0.417 e. The fraction of sp³-hybridized carbons (Fsp3) is 0.746. The summed E-state index contributed by atoms with van der Waals surface area (Å²) in [7, 11) is 9.71. The molecule has 6 aliphatic rings. The molecule has 4 saturated heterocycles. The minimum Gasteiger partial charge on any atom is -0.379 e. The zero-order valence-electron chi connectivity index (χ0n) is 61.0. The first-order valence-electron chi connectivity index (χ1n) is 36.0. The minimum absolute atomic E-state index is 0.0169. The van der Waals surface area contributed by atoms with Gasteiger partial charge in [-0.1, -0.05) is 90.8 Å². The number of carbonyl (C=O) groups excluding carboxylic acids is 12. The predicted molar refractivity (Wildman–Crippen MR) is 368 cm³/mol. The fourth-order valence-corrected chi connectivity index (χ4v) is 15.5. The van der Waals surface area contributed by atoms with Crippen LogP contribution in [0.15, 0.2) is 18.2 Å². The number of nitrogens with one attached hydrogen (secondary N) is 3. The van der Waals surface area contributed by atoms with Crippen LogP contribution in [-0.2, 0) is 79.6 Å². The average Bonchev–Trinajstić information content (AvgIpc) is 1.74. The number of likely N-dealkylation sites (N-methyl/N-ethyl adjacent to an activating group) is 7. The Hall–Kier alpha value is -7.14. The van der Waals surface area contributed by atoms with E-state index in [1.54, 1.807) is 11.8 Å². The van der Waals surface area contributed by atoms with Crippen LogP contribution < -0.4 is 16.0 Å². The Morgan fingerprint density at radius 1 is 0.683 bits per heavy atom. The number of morpholine rings is 1. The summed E-state index contributed by atoms with van der Waals surface area (Å²) in [5.74, 6) is -9.33. The number of amides is 12. The number of hydrogen-bond donors (Lipinski definition) is 3. The van der Waals surface area contributed by atoms with Crippen molar-refractivity contribution in [3.05, 3.63) is 34.3 Å². The summed E-state index contributed by atoms with van der Waals surface area (Å²) < 4.78 is 53.2. The lowest BCUT2D eigenvalue weighted by atomic mass is 9.81. The molecule has 2 unspecified atom stereocenters. The van der Waals surface area contributed by atoms with Crippen LogP contribution in [0.3, 0.4) is 0 Å². The number of benzene rings is 1. The number of hydrogen-bond acceptors (Lipinski definition) is 14. The van der Waals surface area contributed by atoms with Crippen LogP contribution in [0.25, 0.3) is 0 Å². The molecular formula is C71H108ClF3N12O14. The van der Waals surface area contributed by atoms with E-state index in [4.69, 9.17) is 21.1 Å². The molecule has 10 atom stereocenters. The highest BCUT2D eigenvalue weighted by molar-refractivity contribution is 6.31. The summed E-state index contributed by atoms with van der Waals surface area (Å²) in [6.07, 6.45) is 1.74. The summed E-state index contributed by atoms with van der Waals surface area (Å²) in [6.45, 7) is 7.60. The molecule has 4 aliphatic heterocycles. The highest BCUT2D eigenvalue weighted by Gasteiger charge is 2.52. The van der Waals surface area contributed by atoms with Gasteiger partial charge in [0.25, 0.3) is 0 Å². The van der Waals surface area contributed by atoms with Crippen molar-refractivity contribution < 1.29 is 80.2 Å². The lowest BCUT2D eigenvalue weighted by Gasteiger charge is -2.44. The first-order valence-corrected chi connectivity index (χ1v) is 36.4. The van der Waals surface area contributed by atoms with Crippen LogP contribution in [0.1, 0.15) is 161 Å². The van der Waals surface area contributed by atoms with E-state index in [1.165, 1.54) is 75.0 Å². The Kier molecular flexibility index (Phi) is 28.8. The molecule has 3 N–H and O–H groups in total. The molecule has 2 saturated carbocycles. The van der Waals surface area contributed by atoms with Gasteiger partial charge in [-0.3, -0.25) is 57.5 Å². The number of nitrogens with zero attached hydrogens (tertiary/aromatic N) is 9. The Balaban J connectivity index is 1.29. The van der Waals surface area contributed by atoms with Gasteiger partial charge in [-0.15, -0.1) is 0 Å². The molecule has 6 fully saturated rings. The van der Waals surface area contributed by atoms with Crippen molar-refractivity contribution in [3.63, 3.8) is 0 Å². The van der Waals surface area contributed by atoms with Crippen LogP contribution in [0, 0.1) is 17.8 Å². The molecule has 0 radical (unpaired) electrons. The van der Waals surface area contributed by atoms with Gasteiger partial charge in [0, 0.05) is 62.5 Å². The number of fused-ring (bicyclic) bond motifs is 3. The van der Waals surface area contributed by atoms with Crippen molar-refractivity contribution in [3.8, 4) is 0 Å². The van der Waals surface area contributed by atoms with E-state index in [0.29, 0.717) is 57.8 Å². The quantitative estimate of drug-likeness (QED) is 0.233. The molecule has 1 aromatic rings. The normalized spacial score (nSPS) is 27.6. The monoisotopic (exact) mass is 1440 g/mol. The molecule has 26 nitrogen and oxygen atoms in total. The van der Waals surface area contributed by atoms with Gasteiger partial charge in [-0.25, -0.2) is 0 Å². The summed E-state index contributed by atoms with van der Waals surface area (Å²) in [6, 6.07) is -6.71. The van der Waals surface area contributed by atoms with Gasteiger partial charge in [-0.05, 0) is 112 Å². The maximum absolute atomic E-state index is 15.9. The van der Waals surface area contributed by atoms with Gasteiger partial charge in [0.2, 0.25) is 70.9 Å². The molecule has 2 aliphatic carbocycles. The summed E-state index contributed by atoms with van der Waals surface area (Å²) in [5.41, 5.74) is -2.39. The van der Waals surface area contributed by atoms with Crippen molar-refractivity contribution in [2.24, 2.45) is 17.8 Å². The van der Waals surface area contributed by atoms with E-state index in [-0.39, 0.29) is 95.1 Å². The molecule has 101 heavy (non-hydrogen) atoms. The summed E-state index contributed by atoms with van der Waals surface area (Å²) in [4.78, 5) is 191. The number of carbonyl (C=O) groups is 12. The van der Waals surface area contributed by atoms with Crippen molar-refractivity contribution in [2.45, 2.75) is 223 Å². The van der Waals surface area contributed by atoms with E-state index >= 15 is 28.8 Å². The van der Waals surface area contributed by atoms with Gasteiger partial charge < -0.3 is 69.5 Å². The van der Waals surface area contributed by atoms with Crippen molar-refractivity contribution >= 4 is 82.5 Å². The van der Waals surface area contributed by atoms with Crippen LogP contribution in [0.4, 0.5) is 13.2 Å². The van der Waals surface area contributed by atoms with Crippen molar-refractivity contribution in [2.75, 3.05) is 102 Å². The second-order valence-corrected chi connectivity index (χ2v) is 29.7. The average molecular weight is 1450 g/mol. The molecule has 4 heterocycles. The van der Waals surface area contributed by atoms with E-state index in [1.807, 2.05) is 27.7 Å². The molecule has 7 rings (SSSR count). The van der Waals surface area contributed by atoms with Crippen molar-refractivity contribution in [1.82, 2.24) is 60.0 Å². The Bertz CT molecular complexity index is 3150. The second-order valence-electron chi connectivity index (χ2n) is 29.3. The number of aryl methyl sites for hydroxylation is 1. The second kappa shape index (κ2) is 35.8. The lowest BCUT2D eigenvalue weighted by molar-refractivity contribution is -0.159. The Labute approximate surface area is 597 Å². The predicted octanol–water partition coefficient (Wildman–Crippen LogP) is 4.26. The van der Waals surface area contributed by atoms with Crippen LogP contribution in [0.5, 0.6) is 0 Å². The maximum Gasteiger partial charge on any atom is 0.417 e. The molecule has 30 heteroatoms. The highest BCUT2D eigenvalue weighted by atomic mass is 35.5. The van der Waals surface area contributed by atoms with Crippen LogP contribution in [0.2, 0.25) is 5.02 Å². The first-order chi connectivity index (χ1) is 47.7. The number of alkyl halides is 3. The van der Waals surface area contributed by atoms with Gasteiger partial charge in [-0.2, -0.15) is 13.2 Å². The van der Waals surface area contributed by atoms with Crippen LogP contribution in [-0.4, -0.2) is 277 Å². The number of halogens is 4. The van der Waals surface area contributed by atoms with Gasteiger partial charge in [0.1, 0.15) is 47.8 Å². The number of rotatable bonds is 13. The van der Waals surface area contributed by atoms with Gasteiger partial charge in [0.15, 0.2) is 0 Å². The SMILES string of the molecule is CCCOC[C@H]1C(=O)N(C)CC(=O)N[C@@H](CCc2ccc(C(F)(F)F)c(Cl)c2)C(=O)N2CCC[C@H]2C(=O)NC2(CCCC2)C(=O)N(C)[C@@H](C2CCCCC2)C(=O)N(C)[C@H](C(=O)N2C3CCC2COC3)CC(=O)N(C)[C@@H](CC(C)C)C(=O)N[C@@H]([C@@H](C)CC)C(=O)N(C)CC(=O)N(C)CC(=O)N1C. The molecular weight excluding hydrogens is 1340 g/mol. The first kappa shape index (κ1) is 81.2. The molecule has 0 aromatic heterocycles. The fourth-order valence-electron chi connectivity index (χ4n) is 15.2. The van der Waals surface area contributed by atoms with E-state index in [9.17, 15) is 41.9 Å². The minimum atomic E-state index is -4.77. The summed E-state index contributed by atoms with van der Waals surface area (Å²) >= 11 is 6.14. The molecule has 1 aromatic carbocycles.